The topological polar surface area (TPSA) is 1050 Å². The zero-order chi connectivity index (χ0) is 111. The normalized spacial score (nSPS) is 39.0. The number of methoxy groups -OCH3 is 1. The van der Waals surface area contributed by atoms with Gasteiger partial charge in [-0.15, -0.1) is 0 Å². The number of hydrogen-bond acceptors (Lipinski definition) is 42. The standard InChI is InChI=1S/C9H18O2.C8H19O12P3.C8H19O11P3.C8H17O6P.C8H17O5P.C8H16O3.C7H17O12P3.C7H15O6P.C7H14O3/c1-3-4-7-5-6(2)8(10)9(7)11;1-4-3-6(8(10)7(4)9)5(2)18-22(14,15)20-23(16,17)19-21(11,12)13;1-5-4-6(8(10)7(5)9)2-3-20(11,12)18-22(16,17)19-21(13,14)15;1-4-3-6(8(10)7(4)9)5(2)14-15(11,12)13;1-5-4-6(8(10)7(5)9)2-3-14(11,12)13;1-4-3-6(5(2)9)8(11)7(4)10;1-4-2-5(7(9)6(4)8)3-17-21(13,14)19-22(15,16)18-20(10,11)12;1-4-2-5(7(9)6(4)8)3-13-14(10,11)12;1-4-3-5(10-2)7(9)6(4)8/h6-11H,3-5H2,1-2H3;4-10H,3H2,1-2H3,(H,14,15)(H,16,17)(H2,11,12,13);5-10H,2-4H2,1H3,(H,11,12)(H,16,17)(H2,13,14,15);4-10H,3H2,1-2H3,(H2,11,12,13);5-10H,2-4H2,1H3,(H2,11,12,13);4-11H,3H2,1-2H3;4-9H,2-3H2,1H3,(H,13,14)(H,15,16)(H2,10,11,12);4-9H,2-3H2,1H3,(H2,10,11,12);4-9H,3H2,1-2H3/t6-,7+,8+,9-;4-,5?,6-,7+,8-;5-,6+,7+,8-;4-,5?,6-,7+,8-;5-,6+,7+,8-;4-,5?,6-,7+,8-;2*4-,5-,6+,7-;4-,5+,6+,7-/m111111111/s1. The van der Waals surface area contributed by atoms with Crippen molar-refractivity contribution in [2.24, 2.45) is 101 Å². The van der Waals surface area contributed by atoms with Crippen molar-refractivity contribution in [1.82, 2.24) is 0 Å². The number of hydrogen-bond donors (Lipinski definition) is 37. The molecule has 9 aliphatic carbocycles. The molecule has 852 valence electrons. The van der Waals surface area contributed by atoms with Crippen molar-refractivity contribution in [2.45, 2.75) is 308 Å². The highest BCUT2D eigenvalue weighted by atomic mass is 31.3. The smallest absolute Gasteiger partial charge is 0.393 e. The maximum absolute atomic E-state index is 11.7. The Kier molecular flexibility index (Phi) is 58.8. The van der Waals surface area contributed by atoms with Crippen molar-refractivity contribution >= 4 is 93.4 Å². The van der Waals surface area contributed by atoms with Crippen LogP contribution in [0.4, 0.5) is 0 Å². The first-order chi connectivity index (χ1) is 63.8. The fourth-order valence-corrected chi connectivity index (χ4v) is 29.5. The molecule has 9 unspecified atom stereocenters. The van der Waals surface area contributed by atoms with Gasteiger partial charge in [0.25, 0.3) is 0 Å². The molecule has 9 saturated carbocycles. The van der Waals surface area contributed by atoms with E-state index in [1.807, 2.05) is 27.7 Å². The van der Waals surface area contributed by atoms with Gasteiger partial charge < -0.3 is 190 Å². The van der Waals surface area contributed by atoms with Crippen molar-refractivity contribution in [3.8, 4) is 0 Å². The molecule has 9 rings (SSSR count). The number of phosphoric acid groups is 10. The highest BCUT2D eigenvalue weighted by Gasteiger charge is 2.52. The van der Waals surface area contributed by atoms with E-state index in [1.54, 1.807) is 48.7 Å². The summed E-state index contributed by atoms with van der Waals surface area (Å²) < 4.78 is 175. The fourth-order valence-electron chi connectivity index (χ4n) is 17.8. The maximum Gasteiger partial charge on any atom is 0.490 e. The van der Waals surface area contributed by atoms with Crippen LogP contribution in [0.25, 0.3) is 0 Å². The predicted octanol–water partition coefficient (Wildman–Crippen LogP) is -0.0907. The molecule has 142 heavy (non-hydrogen) atoms. The van der Waals surface area contributed by atoms with E-state index in [0.29, 0.717) is 38.0 Å². The van der Waals surface area contributed by atoms with Crippen molar-refractivity contribution < 1.29 is 289 Å². The first-order valence-corrected chi connectivity index (χ1v) is 63.2. The molecule has 0 aromatic rings. The highest BCUT2D eigenvalue weighted by molar-refractivity contribution is 7.68. The molecule has 9 aliphatic rings. The quantitative estimate of drug-likeness (QED) is 0.0374. The van der Waals surface area contributed by atoms with Crippen LogP contribution >= 0.6 is 93.4 Å². The number of aliphatic hydroxyl groups is 19. The summed E-state index contributed by atoms with van der Waals surface area (Å²) in [5, 5.41) is 180. The molecule has 0 bridgehead atoms. The van der Waals surface area contributed by atoms with E-state index in [9.17, 15) is 166 Å². The second-order valence-corrected chi connectivity index (χ2v) is 55.6. The zero-order valence-electron chi connectivity index (χ0n) is 79.8. The van der Waals surface area contributed by atoms with E-state index >= 15 is 0 Å². The molecule has 0 aliphatic heterocycles. The number of rotatable bonds is 34. The minimum atomic E-state index is -5.58. The van der Waals surface area contributed by atoms with Crippen molar-refractivity contribution in [3.63, 3.8) is 0 Å². The van der Waals surface area contributed by atoms with Gasteiger partial charge >= 0.3 is 93.4 Å². The molecule has 9 fully saturated rings. The minimum Gasteiger partial charge on any atom is -0.393 e. The van der Waals surface area contributed by atoms with Gasteiger partial charge in [0, 0.05) is 36.7 Å². The molecule has 0 radical (unpaired) electrons. The molecular weight excluding hydrogens is 2170 g/mol. The second-order valence-electron chi connectivity index (χ2n) is 37.7. The summed E-state index contributed by atoms with van der Waals surface area (Å²) in [5.41, 5.74) is 0. The molecule has 72 heteroatoms. The Morgan fingerprint density at radius 2 is 0.521 bits per heavy atom. The first kappa shape index (κ1) is 141. The summed E-state index contributed by atoms with van der Waals surface area (Å²) in [5.74, 6) is -3.27. The molecule has 0 amide bonds. The van der Waals surface area contributed by atoms with E-state index in [-0.39, 0.29) is 110 Å². The Hall–Kier alpha value is 0.840. The van der Waals surface area contributed by atoms with Gasteiger partial charge in [-0.2, -0.15) is 21.6 Å². The summed E-state index contributed by atoms with van der Waals surface area (Å²) in [4.78, 5) is 157. The van der Waals surface area contributed by atoms with E-state index in [1.165, 1.54) is 13.8 Å². The Labute approximate surface area is 819 Å². The lowest BCUT2D eigenvalue weighted by Crippen LogP contribution is -2.33. The third kappa shape index (κ3) is 51.2. The van der Waals surface area contributed by atoms with Crippen molar-refractivity contribution in [1.29, 1.82) is 0 Å². The third-order valence-corrected chi connectivity index (χ3v) is 39.6. The maximum atomic E-state index is 11.7. The van der Waals surface area contributed by atoms with Crippen LogP contribution in [0.5, 0.6) is 0 Å². The lowest BCUT2D eigenvalue weighted by molar-refractivity contribution is -0.0405. The monoisotopic (exact) mass is 2320 g/mol. The number of ether oxygens (including phenoxy) is 1. The fraction of sp³-hybridized carbons (Fsp3) is 1.00. The van der Waals surface area contributed by atoms with Gasteiger partial charge in [-0.3, -0.25) is 27.2 Å². The Balaban J connectivity index is 0.000000810. The van der Waals surface area contributed by atoms with E-state index in [4.69, 9.17) is 78.1 Å². The summed E-state index contributed by atoms with van der Waals surface area (Å²) in [7, 11) is -59.4. The van der Waals surface area contributed by atoms with Gasteiger partial charge in [0.2, 0.25) is 0 Å². The number of aliphatic hydroxyl groups excluding tert-OH is 19. The Bertz CT molecular complexity index is 4200. The van der Waals surface area contributed by atoms with Crippen LogP contribution in [0.3, 0.4) is 0 Å². The summed E-state index contributed by atoms with van der Waals surface area (Å²) in [6.45, 7) is 21.8. The second kappa shape index (κ2) is 59.3. The van der Waals surface area contributed by atoms with E-state index in [0.717, 1.165) is 25.7 Å². The van der Waals surface area contributed by atoms with Gasteiger partial charge in [0.05, 0.1) is 154 Å². The number of phosphoric ester groups is 4. The van der Waals surface area contributed by atoms with Gasteiger partial charge in [0.15, 0.2) is 0 Å². The summed E-state index contributed by atoms with van der Waals surface area (Å²) in [6.07, 6.45) is -11.7. The molecule has 37 N–H and O–H groups in total. The molecular formula is C70H152O60P12. The van der Waals surface area contributed by atoms with Gasteiger partial charge in [-0.1, -0.05) is 75.7 Å². The lowest BCUT2D eigenvalue weighted by atomic mass is 9.99. The highest BCUT2D eigenvalue weighted by Crippen LogP contribution is 2.70. The largest absolute Gasteiger partial charge is 0.490 e. The molecule has 45 atom stereocenters. The Morgan fingerprint density at radius 1 is 0.261 bits per heavy atom. The van der Waals surface area contributed by atoms with Crippen LogP contribution in [0.2, 0.25) is 0 Å². The van der Waals surface area contributed by atoms with Crippen LogP contribution < -0.4 is 0 Å². The zero-order valence-corrected chi connectivity index (χ0v) is 90.6. The van der Waals surface area contributed by atoms with E-state index < -0.39 is 264 Å². The van der Waals surface area contributed by atoms with Crippen LogP contribution in [0.15, 0.2) is 0 Å². The lowest BCUT2D eigenvalue weighted by Gasteiger charge is -2.25. The van der Waals surface area contributed by atoms with Gasteiger partial charge in [-0.25, -0.2) is 50.0 Å². The summed E-state index contributed by atoms with van der Waals surface area (Å²) >= 11 is 0. The molecule has 0 aromatic carbocycles. The average molecular weight is 2330 g/mol. The molecule has 0 saturated heterocycles. The molecule has 60 nitrogen and oxygen atoms in total. The molecule has 0 heterocycles. The molecule has 0 spiro atoms. The van der Waals surface area contributed by atoms with Crippen LogP contribution in [0, 0.1) is 101 Å². The SMILES string of the molecule is CC(O)[C@H]1C[C@@H](C)[C@H](O)[C@@H]1O.CC(OP(=O)(O)O)[C@H]1C[C@@H](C)[C@H](O)[C@@H]1O.CC(OP(=O)(O)OP(=O)(O)OP(=O)(O)O)[C@H]1C[C@@H](C)[C@H](O)[C@@H]1O.CCC[C@H]1C[C@@H](C)[C@H](O)[C@@H]1O.CO[C@H]1C[C@@H](C)[C@H](O)[C@@H]1O.C[C@@H]1C[C@H](CCP(=O)(O)O)[C@@H](O)[C@H]1O.C[C@@H]1C[C@H](CCP(=O)(O)OP(=O)(O)OP(=O)(O)O)[C@@H](O)[C@H]1O.C[C@@H]1C[C@H](COP(=O)(O)O)[C@@H](O)[C@H]1O.C[C@@H]1C[C@H](COP(=O)(O)OP(=O)(O)OP(=O)(O)O)[C@@H](O)[C@H]1O. The predicted molar refractivity (Wildman–Crippen MR) is 487 cm³/mol. The van der Waals surface area contributed by atoms with Crippen molar-refractivity contribution in [2.75, 3.05) is 32.6 Å². The van der Waals surface area contributed by atoms with Gasteiger partial charge in [-0.05, 0) is 169 Å². The summed E-state index contributed by atoms with van der Waals surface area (Å²) in [6, 6.07) is 0. The van der Waals surface area contributed by atoms with Crippen molar-refractivity contribution in [3.05, 3.63) is 0 Å². The van der Waals surface area contributed by atoms with E-state index in [2.05, 4.69) is 50.9 Å². The first-order valence-electron chi connectivity index (χ1n) is 44.5. The Morgan fingerprint density at radius 3 is 0.761 bits per heavy atom. The van der Waals surface area contributed by atoms with Gasteiger partial charge in [0.1, 0.15) is 6.10 Å². The van der Waals surface area contributed by atoms with Crippen LogP contribution in [-0.4, -0.2) is 352 Å². The minimum absolute atomic E-state index is 0.00627. The third-order valence-electron chi connectivity index (χ3n) is 25.6. The average Bonchev–Trinajstić information content (AvgIpc) is 1.67. The molecule has 0 aromatic heterocycles. The van der Waals surface area contributed by atoms with Crippen LogP contribution in [0.1, 0.15) is 173 Å². The van der Waals surface area contributed by atoms with Crippen LogP contribution in [-0.2, 0) is 103 Å².